The second kappa shape index (κ2) is 4.18. The summed E-state index contributed by atoms with van der Waals surface area (Å²) < 4.78 is 2.03. The summed E-state index contributed by atoms with van der Waals surface area (Å²) in [6.45, 7) is 6.18. The highest BCUT2D eigenvalue weighted by Gasteiger charge is 2.21. The first kappa shape index (κ1) is 11.6. The second-order valence-electron chi connectivity index (χ2n) is 5.25. The minimum Gasteiger partial charge on any atom is -0.393 e. The summed E-state index contributed by atoms with van der Waals surface area (Å²) >= 11 is 1.64. The van der Waals surface area contributed by atoms with Crippen molar-refractivity contribution in [3.63, 3.8) is 0 Å². The second-order valence-corrected chi connectivity index (χ2v) is 6.12. The van der Waals surface area contributed by atoms with Gasteiger partial charge in [0.05, 0.1) is 11.8 Å². The number of hydrogen-bond donors (Lipinski definition) is 1. The molecule has 0 bridgehead atoms. The van der Waals surface area contributed by atoms with Crippen LogP contribution in [0, 0.1) is 5.41 Å². The Morgan fingerprint density at radius 1 is 1.50 bits per heavy atom. The van der Waals surface area contributed by atoms with Gasteiger partial charge in [-0.05, 0) is 18.3 Å². The average Bonchev–Trinajstić information content (AvgIpc) is 2.71. The SMILES string of the molecule is CC(C)(C)C(O)CCc1cn2ccsc2n1. The van der Waals surface area contributed by atoms with Crippen LogP contribution in [0.3, 0.4) is 0 Å². The normalized spacial score (nSPS) is 14.5. The van der Waals surface area contributed by atoms with Crippen molar-refractivity contribution in [2.24, 2.45) is 5.41 Å². The van der Waals surface area contributed by atoms with Crippen LogP contribution in [0.5, 0.6) is 0 Å². The van der Waals surface area contributed by atoms with E-state index in [4.69, 9.17) is 0 Å². The van der Waals surface area contributed by atoms with Crippen molar-refractivity contribution in [3.05, 3.63) is 23.5 Å². The molecule has 0 fully saturated rings. The molecule has 0 aromatic carbocycles. The molecule has 0 aliphatic carbocycles. The quantitative estimate of drug-likeness (QED) is 0.892. The van der Waals surface area contributed by atoms with E-state index < -0.39 is 0 Å². The standard InChI is InChI=1S/C12H18N2OS/c1-12(2,3)10(15)5-4-9-8-14-6-7-16-11(14)13-9/h6-8,10,15H,4-5H2,1-3H3. The molecule has 0 spiro atoms. The van der Waals surface area contributed by atoms with Gasteiger partial charge in [0.15, 0.2) is 4.96 Å². The van der Waals surface area contributed by atoms with Crippen molar-refractivity contribution >= 4 is 16.3 Å². The van der Waals surface area contributed by atoms with Gasteiger partial charge >= 0.3 is 0 Å². The Kier molecular flexibility index (Phi) is 3.04. The van der Waals surface area contributed by atoms with Crippen LogP contribution < -0.4 is 0 Å². The molecule has 1 N–H and O–H groups in total. The maximum Gasteiger partial charge on any atom is 0.193 e. The van der Waals surface area contributed by atoms with Gasteiger partial charge in [0.1, 0.15) is 0 Å². The van der Waals surface area contributed by atoms with Gasteiger partial charge in [-0.1, -0.05) is 20.8 Å². The minimum absolute atomic E-state index is 0.0445. The largest absolute Gasteiger partial charge is 0.393 e. The summed E-state index contributed by atoms with van der Waals surface area (Å²) in [6, 6.07) is 0. The molecule has 1 atom stereocenters. The summed E-state index contributed by atoms with van der Waals surface area (Å²) in [5.41, 5.74) is 1.02. The zero-order valence-corrected chi connectivity index (χ0v) is 10.8. The molecule has 88 valence electrons. The zero-order valence-electron chi connectivity index (χ0n) is 9.97. The summed E-state index contributed by atoms with van der Waals surface area (Å²) in [7, 11) is 0. The van der Waals surface area contributed by atoms with Gasteiger partial charge in [0, 0.05) is 17.8 Å². The molecule has 0 saturated carbocycles. The van der Waals surface area contributed by atoms with E-state index in [0.717, 1.165) is 23.5 Å². The fourth-order valence-electron chi connectivity index (χ4n) is 1.61. The smallest absolute Gasteiger partial charge is 0.193 e. The van der Waals surface area contributed by atoms with Gasteiger partial charge in [-0.15, -0.1) is 11.3 Å². The maximum absolute atomic E-state index is 9.94. The number of fused-ring (bicyclic) bond motifs is 1. The van der Waals surface area contributed by atoms with Crippen LogP contribution in [-0.2, 0) is 6.42 Å². The summed E-state index contributed by atoms with van der Waals surface area (Å²) in [4.78, 5) is 5.53. The number of imidazole rings is 1. The molecular formula is C12H18N2OS. The van der Waals surface area contributed by atoms with Gasteiger partial charge in [0.2, 0.25) is 0 Å². The van der Waals surface area contributed by atoms with Crippen LogP contribution in [0.4, 0.5) is 0 Å². The van der Waals surface area contributed by atoms with Crippen molar-refractivity contribution in [1.82, 2.24) is 9.38 Å². The molecule has 0 saturated heterocycles. The van der Waals surface area contributed by atoms with E-state index in [1.54, 1.807) is 11.3 Å². The van der Waals surface area contributed by atoms with Gasteiger partial charge in [-0.2, -0.15) is 0 Å². The Morgan fingerprint density at radius 2 is 2.25 bits per heavy atom. The highest BCUT2D eigenvalue weighted by Crippen LogP contribution is 2.23. The molecule has 3 nitrogen and oxygen atoms in total. The number of aliphatic hydroxyl groups is 1. The van der Waals surface area contributed by atoms with Crippen LogP contribution in [0.25, 0.3) is 4.96 Å². The molecule has 16 heavy (non-hydrogen) atoms. The van der Waals surface area contributed by atoms with E-state index in [9.17, 15) is 5.11 Å². The van der Waals surface area contributed by atoms with E-state index in [1.165, 1.54) is 0 Å². The molecule has 1 unspecified atom stereocenters. The Hall–Kier alpha value is -0.870. The predicted molar refractivity (Wildman–Crippen MR) is 66.9 cm³/mol. The van der Waals surface area contributed by atoms with Crippen LogP contribution >= 0.6 is 11.3 Å². The third-order valence-electron chi connectivity index (χ3n) is 2.82. The monoisotopic (exact) mass is 238 g/mol. The molecule has 0 radical (unpaired) electrons. The minimum atomic E-state index is -0.271. The maximum atomic E-state index is 9.94. The van der Waals surface area contributed by atoms with Crippen molar-refractivity contribution in [2.75, 3.05) is 0 Å². The number of aryl methyl sites for hydroxylation is 1. The topological polar surface area (TPSA) is 37.5 Å². The number of thiazole rings is 1. The van der Waals surface area contributed by atoms with Crippen LogP contribution in [0.1, 0.15) is 32.9 Å². The van der Waals surface area contributed by atoms with E-state index in [-0.39, 0.29) is 11.5 Å². The summed E-state index contributed by atoms with van der Waals surface area (Å²) in [6.07, 6.45) is 5.39. The molecule has 0 aliphatic heterocycles. The zero-order chi connectivity index (χ0) is 11.8. The van der Waals surface area contributed by atoms with E-state index in [0.29, 0.717) is 0 Å². The van der Waals surface area contributed by atoms with Crippen LogP contribution in [0.2, 0.25) is 0 Å². The lowest BCUT2D eigenvalue weighted by atomic mass is 9.86. The Labute approximate surface area is 99.8 Å². The van der Waals surface area contributed by atoms with Gasteiger partial charge in [0.25, 0.3) is 0 Å². The fraction of sp³-hybridized carbons (Fsp3) is 0.583. The number of rotatable bonds is 3. The molecule has 2 aromatic heterocycles. The van der Waals surface area contributed by atoms with E-state index in [1.807, 2.05) is 22.2 Å². The molecule has 0 aliphatic rings. The van der Waals surface area contributed by atoms with Gasteiger partial charge < -0.3 is 5.11 Å². The summed E-state index contributed by atoms with van der Waals surface area (Å²) in [5, 5.41) is 12.0. The van der Waals surface area contributed by atoms with Gasteiger partial charge in [-0.3, -0.25) is 4.40 Å². The lowest BCUT2D eigenvalue weighted by Crippen LogP contribution is -2.26. The first-order chi connectivity index (χ1) is 7.47. The van der Waals surface area contributed by atoms with E-state index >= 15 is 0 Å². The molecule has 2 heterocycles. The van der Waals surface area contributed by atoms with Crippen molar-refractivity contribution in [3.8, 4) is 0 Å². The highest BCUT2D eigenvalue weighted by molar-refractivity contribution is 7.15. The fourth-order valence-corrected chi connectivity index (χ4v) is 2.33. The number of nitrogens with zero attached hydrogens (tertiary/aromatic N) is 2. The van der Waals surface area contributed by atoms with Gasteiger partial charge in [-0.25, -0.2) is 4.98 Å². The first-order valence-corrected chi connectivity index (χ1v) is 6.44. The number of aliphatic hydroxyl groups excluding tert-OH is 1. The van der Waals surface area contributed by atoms with Crippen molar-refractivity contribution in [1.29, 1.82) is 0 Å². The van der Waals surface area contributed by atoms with Crippen molar-refractivity contribution in [2.45, 2.75) is 39.7 Å². The van der Waals surface area contributed by atoms with Crippen LogP contribution in [-0.4, -0.2) is 20.6 Å². The molecular weight excluding hydrogens is 220 g/mol. The Balaban J connectivity index is 1.98. The third kappa shape index (κ3) is 2.44. The summed E-state index contributed by atoms with van der Waals surface area (Å²) in [5.74, 6) is 0. The third-order valence-corrected chi connectivity index (χ3v) is 3.59. The molecule has 2 aromatic rings. The van der Waals surface area contributed by atoms with Crippen molar-refractivity contribution < 1.29 is 5.11 Å². The first-order valence-electron chi connectivity index (χ1n) is 5.56. The number of aromatic nitrogens is 2. The van der Waals surface area contributed by atoms with Crippen LogP contribution in [0.15, 0.2) is 17.8 Å². The lowest BCUT2D eigenvalue weighted by Gasteiger charge is -2.25. The molecule has 2 rings (SSSR count). The predicted octanol–water partition coefficient (Wildman–Crippen LogP) is 2.74. The Morgan fingerprint density at radius 3 is 2.88 bits per heavy atom. The molecule has 4 heteroatoms. The molecule has 0 amide bonds. The lowest BCUT2D eigenvalue weighted by molar-refractivity contribution is 0.0558. The number of hydrogen-bond acceptors (Lipinski definition) is 3. The average molecular weight is 238 g/mol. The Bertz CT molecular complexity index is 438. The van der Waals surface area contributed by atoms with E-state index in [2.05, 4.69) is 25.8 Å². The highest BCUT2D eigenvalue weighted by atomic mass is 32.1.